The Morgan fingerprint density at radius 2 is 1.75 bits per heavy atom. The highest BCUT2D eigenvalue weighted by Crippen LogP contribution is 2.02. The molecule has 90 valence electrons. The summed E-state index contributed by atoms with van der Waals surface area (Å²) in [5, 5.41) is 0. The molecule has 0 rings (SSSR count). The van der Waals surface area contributed by atoms with E-state index in [1.54, 1.807) is 0 Å². The zero-order valence-corrected chi connectivity index (χ0v) is 9.31. The van der Waals surface area contributed by atoms with Crippen molar-refractivity contribution in [3.63, 3.8) is 0 Å². The van der Waals surface area contributed by atoms with Gasteiger partial charge < -0.3 is 14.2 Å². The van der Waals surface area contributed by atoms with E-state index in [-0.39, 0.29) is 19.6 Å². The van der Waals surface area contributed by atoms with E-state index in [1.807, 2.05) is 0 Å². The van der Waals surface area contributed by atoms with Crippen molar-refractivity contribution in [1.29, 1.82) is 0 Å². The molecule has 1 unspecified atom stereocenters. The molecule has 0 radical (unpaired) electrons. The number of ether oxygens (including phenoxy) is 3. The highest BCUT2D eigenvalue weighted by Gasteiger charge is 2.23. The molecule has 0 spiro atoms. The lowest BCUT2D eigenvalue weighted by Gasteiger charge is -2.12. The van der Waals surface area contributed by atoms with Crippen LogP contribution < -0.4 is 0 Å². The van der Waals surface area contributed by atoms with Crippen LogP contribution in [0.4, 0.5) is 0 Å². The first kappa shape index (κ1) is 14.4. The molecule has 0 aromatic carbocycles. The largest absolute Gasteiger partial charge is 0.461 e. The Morgan fingerprint density at radius 3 is 2.25 bits per heavy atom. The summed E-state index contributed by atoms with van der Waals surface area (Å²) in [6.07, 6.45) is 1.74. The molecule has 1 atom stereocenters. The van der Waals surface area contributed by atoms with Crippen LogP contribution in [0.2, 0.25) is 0 Å². The van der Waals surface area contributed by atoms with Crippen LogP contribution in [0.5, 0.6) is 0 Å². The summed E-state index contributed by atoms with van der Waals surface area (Å²) in [5.41, 5.74) is 0. The fourth-order valence-electron chi connectivity index (χ4n) is 0.859. The van der Waals surface area contributed by atoms with Gasteiger partial charge in [0.25, 0.3) is 0 Å². The molecule has 0 bridgehead atoms. The van der Waals surface area contributed by atoms with Crippen molar-refractivity contribution >= 4 is 11.9 Å². The second-order valence-electron chi connectivity index (χ2n) is 2.82. The molecular formula is C11H16O5. The Hall–Kier alpha value is -1.62. The van der Waals surface area contributed by atoms with Gasteiger partial charge in [0.05, 0.1) is 6.42 Å². The van der Waals surface area contributed by atoms with Gasteiger partial charge in [0.1, 0.15) is 13.2 Å². The standard InChI is InChI=1S/C11H16O5/c1-4-6-15-10(12)8-9(14-3)11(13)16-7-5-2/h4-5,9H,1-2,6-8H2,3H3. The SMILES string of the molecule is C=CCOC(=O)CC(OC)C(=O)OCC=C. The third-order valence-corrected chi connectivity index (χ3v) is 1.61. The zero-order chi connectivity index (χ0) is 12.4. The average Bonchev–Trinajstić information content (AvgIpc) is 2.30. The maximum Gasteiger partial charge on any atom is 0.336 e. The van der Waals surface area contributed by atoms with E-state index in [1.165, 1.54) is 19.3 Å². The van der Waals surface area contributed by atoms with Gasteiger partial charge in [0.2, 0.25) is 0 Å². The van der Waals surface area contributed by atoms with Gasteiger partial charge in [-0.1, -0.05) is 25.3 Å². The molecular weight excluding hydrogens is 212 g/mol. The van der Waals surface area contributed by atoms with Gasteiger partial charge in [-0.05, 0) is 0 Å². The quantitative estimate of drug-likeness (QED) is 0.455. The topological polar surface area (TPSA) is 61.8 Å². The zero-order valence-electron chi connectivity index (χ0n) is 9.31. The lowest BCUT2D eigenvalue weighted by molar-refractivity contribution is -0.160. The van der Waals surface area contributed by atoms with E-state index < -0.39 is 18.0 Å². The monoisotopic (exact) mass is 228 g/mol. The maximum atomic E-state index is 11.3. The molecule has 0 aliphatic rings. The summed E-state index contributed by atoms with van der Waals surface area (Å²) in [4.78, 5) is 22.5. The van der Waals surface area contributed by atoms with Crippen LogP contribution in [-0.2, 0) is 23.8 Å². The van der Waals surface area contributed by atoms with E-state index in [9.17, 15) is 9.59 Å². The fourth-order valence-corrected chi connectivity index (χ4v) is 0.859. The molecule has 0 aromatic rings. The van der Waals surface area contributed by atoms with Crippen LogP contribution in [0.1, 0.15) is 6.42 Å². The van der Waals surface area contributed by atoms with Gasteiger partial charge in [-0.2, -0.15) is 0 Å². The number of carbonyl (C=O) groups is 2. The first-order valence-electron chi connectivity index (χ1n) is 4.72. The molecule has 0 saturated carbocycles. The number of methoxy groups -OCH3 is 1. The highest BCUT2D eigenvalue weighted by atomic mass is 16.6. The minimum absolute atomic E-state index is 0.0837. The molecule has 0 amide bonds. The number of esters is 2. The summed E-state index contributed by atoms with van der Waals surface area (Å²) >= 11 is 0. The lowest BCUT2D eigenvalue weighted by Crippen LogP contribution is -2.29. The Kier molecular flexibility index (Phi) is 7.79. The van der Waals surface area contributed by atoms with Crippen molar-refractivity contribution in [3.05, 3.63) is 25.3 Å². The van der Waals surface area contributed by atoms with Crippen molar-refractivity contribution in [2.45, 2.75) is 12.5 Å². The van der Waals surface area contributed by atoms with E-state index in [2.05, 4.69) is 13.2 Å². The van der Waals surface area contributed by atoms with Crippen molar-refractivity contribution in [3.8, 4) is 0 Å². The number of rotatable bonds is 8. The van der Waals surface area contributed by atoms with Gasteiger partial charge in [-0.3, -0.25) is 4.79 Å². The second-order valence-corrected chi connectivity index (χ2v) is 2.82. The van der Waals surface area contributed by atoms with E-state index in [0.717, 1.165) is 0 Å². The van der Waals surface area contributed by atoms with Crippen molar-refractivity contribution in [2.24, 2.45) is 0 Å². The molecule has 16 heavy (non-hydrogen) atoms. The molecule has 0 aliphatic carbocycles. The van der Waals surface area contributed by atoms with E-state index >= 15 is 0 Å². The number of hydrogen-bond acceptors (Lipinski definition) is 5. The molecule has 5 nitrogen and oxygen atoms in total. The second kappa shape index (κ2) is 8.67. The van der Waals surface area contributed by atoms with Crippen LogP contribution in [0.25, 0.3) is 0 Å². The summed E-state index contributed by atoms with van der Waals surface area (Å²) in [6, 6.07) is 0. The molecule has 0 heterocycles. The third-order valence-electron chi connectivity index (χ3n) is 1.61. The van der Waals surface area contributed by atoms with Crippen molar-refractivity contribution in [2.75, 3.05) is 20.3 Å². The molecule has 0 fully saturated rings. The van der Waals surface area contributed by atoms with Crippen LogP contribution in [0, 0.1) is 0 Å². The van der Waals surface area contributed by atoms with Gasteiger partial charge >= 0.3 is 11.9 Å². The normalized spacial score (nSPS) is 11.3. The summed E-state index contributed by atoms with van der Waals surface area (Å²) in [7, 11) is 1.32. The highest BCUT2D eigenvalue weighted by molar-refractivity contribution is 5.81. The first-order valence-corrected chi connectivity index (χ1v) is 4.72. The number of carbonyl (C=O) groups excluding carboxylic acids is 2. The number of hydrogen-bond donors (Lipinski definition) is 0. The summed E-state index contributed by atoms with van der Waals surface area (Å²) in [5.74, 6) is -1.15. The van der Waals surface area contributed by atoms with Crippen LogP contribution >= 0.6 is 0 Å². The molecule has 0 aliphatic heterocycles. The Morgan fingerprint density at radius 1 is 1.19 bits per heavy atom. The third kappa shape index (κ3) is 5.98. The summed E-state index contributed by atoms with van der Waals surface area (Å²) < 4.78 is 14.3. The molecule has 5 heteroatoms. The van der Waals surface area contributed by atoms with Gasteiger partial charge in [0, 0.05) is 7.11 Å². The predicted molar refractivity (Wildman–Crippen MR) is 57.7 cm³/mol. The average molecular weight is 228 g/mol. The minimum Gasteiger partial charge on any atom is -0.461 e. The molecule has 0 N–H and O–H groups in total. The van der Waals surface area contributed by atoms with Crippen LogP contribution in [0.3, 0.4) is 0 Å². The predicted octanol–water partition coefficient (Wildman–Crippen LogP) is 0.850. The van der Waals surface area contributed by atoms with Gasteiger partial charge in [0.15, 0.2) is 6.10 Å². The van der Waals surface area contributed by atoms with Crippen molar-refractivity contribution < 1.29 is 23.8 Å². The Bertz CT molecular complexity index is 259. The maximum absolute atomic E-state index is 11.3. The Balaban J connectivity index is 4.06. The molecule has 0 aromatic heterocycles. The van der Waals surface area contributed by atoms with Gasteiger partial charge in [-0.25, -0.2) is 4.79 Å². The van der Waals surface area contributed by atoms with Crippen LogP contribution in [-0.4, -0.2) is 38.4 Å². The first-order chi connectivity index (χ1) is 7.65. The van der Waals surface area contributed by atoms with E-state index in [4.69, 9.17) is 14.2 Å². The van der Waals surface area contributed by atoms with Crippen molar-refractivity contribution in [1.82, 2.24) is 0 Å². The molecule has 0 saturated heterocycles. The Labute approximate surface area is 94.7 Å². The van der Waals surface area contributed by atoms with Crippen LogP contribution in [0.15, 0.2) is 25.3 Å². The lowest BCUT2D eigenvalue weighted by atomic mass is 10.2. The van der Waals surface area contributed by atoms with E-state index in [0.29, 0.717) is 0 Å². The fraction of sp³-hybridized carbons (Fsp3) is 0.455. The minimum atomic E-state index is -0.947. The summed E-state index contributed by atoms with van der Waals surface area (Å²) in [6.45, 7) is 6.99. The van der Waals surface area contributed by atoms with Gasteiger partial charge in [-0.15, -0.1) is 0 Å². The smallest absolute Gasteiger partial charge is 0.336 e.